The van der Waals surface area contributed by atoms with Gasteiger partial charge in [-0.1, -0.05) is 30.3 Å². The van der Waals surface area contributed by atoms with Crippen molar-refractivity contribution < 1.29 is 4.79 Å². The van der Waals surface area contributed by atoms with Gasteiger partial charge in [0.15, 0.2) is 0 Å². The van der Waals surface area contributed by atoms with E-state index in [9.17, 15) is 4.79 Å². The summed E-state index contributed by atoms with van der Waals surface area (Å²) in [5.74, 6) is 0.216. The van der Waals surface area contributed by atoms with Crippen LogP contribution in [0.25, 0.3) is 0 Å². The number of hydrogen-bond donors (Lipinski definition) is 0. The lowest BCUT2D eigenvalue weighted by Crippen LogP contribution is -2.26. The summed E-state index contributed by atoms with van der Waals surface area (Å²) < 4.78 is 0. The molecule has 1 aromatic rings. The Labute approximate surface area is 84.5 Å². The van der Waals surface area contributed by atoms with Gasteiger partial charge in [0, 0.05) is 6.54 Å². The Kier molecular flexibility index (Phi) is 2.82. The van der Waals surface area contributed by atoms with Crippen molar-refractivity contribution in [3.05, 3.63) is 42.4 Å². The molecule has 0 saturated carbocycles. The van der Waals surface area contributed by atoms with E-state index in [4.69, 9.17) is 0 Å². The Morgan fingerprint density at radius 3 is 2.71 bits per heavy atom. The van der Waals surface area contributed by atoms with E-state index >= 15 is 0 Å². The SMILES string of the molecule is O=C(Cc1ccccc1)N1[CH]CCC1. The molecule has 73 valence electrons. The van der Waals surface area contributed by atoms with Crippen molar-refractivity contribution in [1.29, 1.82) is 0 Å². The van der Waals surface area contributed by atoms with Gasteiger partial charge in [-0.3, -0.25) is 4.79 Å². The van der Waals surface area contributed by atoms with Crippen molar-refractivity contribution >= 4 is 5.91 Å². The molecule has 2 heteroatoms. The highest BCUT2D eigenvalue weighted by atomic mass is 16.2. The van der Waals surface area contributed by atoms with Crippen LogP contribution >= 0.6 is 0 Å². The van der Waals surface area contributed by atoms with Gasteiger partial charge in [-0.05, 0) is 18.4 Å². The quantitative estimate of drug-likeness (QED) is 0.695. The van der Waals surface area contributed by atoms with Crippen LogP contribution in [0.5, 0.6) is 0 Å². The third kappa shape index (κ3) is 2.13. The van der Waals surface area contributed by atoms with Gasteiger partial charge in [0.2, 0.25) is 5.91 Å². The fourth-order valence-electron chi connectivity index (χ4n) is 1.70. The van der Waals surface area contributed by atoms with Crippen LogP contribution in [0.4, 0.5) is 0 Å². The minimum atomic E-state index is 0.216. The van der Waals surface area contributed by atoms with Crippen LogP contribution in [0.1, 0.15) is 18.4 Å². The molecular formula is C12H14NO. The minimum absolute atomic E-state index is 0.216. The molecule has 0 bridgehead atoms. The zero-order valence-electron chi connectivity index (χ0n) is 8.15. The molecule has 1 aliphatic heterocycles. The molecular weight excluding hydrogens is 174 g/mol. The van der Waals surface area contributed by atoms with E-state index in [0.717, 1.165) is 24.9 Å². The van der Waals surface area contributed by atoms with Crippen molar-refractivity contribution in [1.82, 2.24) is 4.90 Å². The summed E-state index contributed by atoms with van der Waals surface area (Å²) in [5, 5.41) is 0. The molecule has 14 heavy (non-hydrogen) atoms. The molecule has 1 amide bonds. The number of nitrogens with zero attached hydrogens (tertiary/aromatic N) is 1. The molecule has 0 atom stereocenters. The van der Waals surface area contributed by atoms with Gasteiger partial charge < -0.3 is 4.90 Å². The minimum Gasteiger partial charge on any atom is -0.337 e. The summed E-state index contributed by atoms with van der Waals surface area (Å²) in [4.78, 5) is 13.5. The van der Waals surface area contributed by atoms with Crippen LogP contribution in [0.15, 0.2) is 30.3 Å². The maximum atomic E-state index is 11.7. The highest BCUT2D eigenvalue weighted by Crippen LogP contribution is 2.13. The largest absolute Gasteiger partial charge is 0.337 e. The third-order valence-corrected chi connectivity index (χ3v) is 2.47. The van der Waals surface area contributed by atoms with Crippen LogP contribution < -0.4 is 0 Å². The maximum absolute atomic E-state index is 11.7. The second kappa shape index (κ2) is 4.27. The molecule has 0 aromatic heterocycles. The van der Waals surface area contributed by atoms with Crippen molar-refractivity contribution in [3.63, 3.8) is 0 Å². The van der Waals surface area contributed by atoms with Gasteiger partial charge in [0.25, 0.3) is 0 Å². The van der Waals surface area contributed by atoms with E-state index in [1.165, 1.54) is 0 Å². The molecule has 2 nitrogen and oxygen atoms in total. The number of carbonyl (C=O) groups is 1. The van der Waals surface area contributed by atoms with Crippen molar-refractivity contribution in [3.8, 4) is 0 Å². The highest BCUT2D eigenvalue weighted by molar-refractivity contribution is 5.79. The van der Waals surface area contributed by atoms with E-state index in [2.05, 4.69) is 0 Å². The molecule has 2 rings (SSSR count). The average Bonchev–Trinajstić information content (AvgIpc) is 2.72. The van der Waals surface area contributed by atoms with Gasteiger partial charge in [-0.15, -0.1) is 0 Å². The zero-order chi connectivity index (χ0) is 9.80. The van der Waals surface area contributed by atoms with Crippen LogP contribution in [-0.4, -0.2) is 17.4 Å². The average molecular weight is 188 g/mol. The van der Waals surface area contributed by atoms with Crippen molar-refractivity contribution in [2.45, 2.75) is 19.3 Å². The second-order valence-electron chi connectivity index (χ2n) is 3.57. The fraction of sp³-hybridized carbons (Fsp3) is 0.333. The van der Waals surface area contributed by atoms with Crippen molar-refractivity contribution in [2.75, 3.05) is 6.54 Å². The molecule has 1 aromatic carbocycles. The third-order valence-electron chi connectivity index (χ3n) is 2.47. The Morgan fingerprint density at radius 1 is 1.29 bits per heavy atom. The number of benzene rings is 1. The molecule has 1 heterocycles. The van der Waals surface area contributed by atoms with Gasteiger partial charge in [0.05, 0.1) is 13.0 Å². The Hall–Kier alpha value is -1.31. The maximum Gasteiger partial charge on any atom is 0.227 e. The van der Waals surface area contributed by atoms with Crippen LogP contribution in [-0.2, 0) is 11.2 Å². The number of rotatable bonds is 2. The topological polar surface area (TPSA) is 20.3 Å². The summed E-state index contributed by atoms with van der Waals surface area (Å²) >= 11 is 0. The predicted molar refractivity (Wildman–Crippen MR) is 55.4 cm³/mol. The van der Waals surface area contributed by atoms with Gasteiger partial charge in [-0.2, -0.15) is 0 Å². The van der Waals surface area contributed by atoms with E-state index < -0.39 is 0 Å². The fourth-order valence-corrected chi connectivity index (χ4v) is 1.70. The van der Waals surface area contributed by atoms with Crippen LogP contribution in [0.3, 0.4) is 0 Å². The molecule has 1 saturated heterocycles. The summed E-state index contributed by atoms with van der Waals surface area (Å²) in [6, 6.07) is 9.89. The number of amides is 1. The van der Waals surface area contributed by atoms with E-state index in [1.54, 1.807) is 0 Å². The molecule has 0 aliphatic carbocycles. The lowest BCUT2D eigenvalue weighted by atomic mass is 10.1. The molecule has 0 N–H and O–H groups in total. The number of carbonyl (C=O) groups excluding carboxylic acids is 1. The Balaban J connectivity index is 1.94. The monoisotopic (exact) mass is 188 g/mol. The lowest BCUT2D eigenvalue weighted by molar-refractivity contribution is -0.128. The molecule has 0 spiro atoms. The molecule has 1 aliphatic rings. The first-order valence-electron chi connectivity index (χ1n) is 5.03. The summed E-state index contributed by atoms with van der Waals surface area (Å²) in [7, 11) is 0. The molecule has 1 fully saturated rings. The van der Waals surface area contributed by atoms with Crippen LogP contribution in [0, 0.1) is 6.54 Å². The summed E-state index contributed by atoms with van der Waals surface area (Å²) in [6.07, 6.45) is 2.68. The smallest absolute Gasteiger partial charge is 0.227 e. The predicted octanol–water partition coefficient (Wildman–Crippen LogP) is 2.01. The Morgan fingerprint density at radius 2 is 2.07 bits per heavy atom. The van der Waals surface area contributed by atoms with Crippen molar-refractivity contribution in [2.24, 2.45) is 0 Å². The Bertz CT molecular complexity index is 301. The summed E-state index contributed by atoms with van der Waals surface area (Å²) in [6.45, 7) is 2.90. The molecule has 0 unspecified atom stereocenters. The van der Waals surface area contributed by atoms with E-state index in [1.807, 2.05) is 41.8 Å². The van der Waals surface area contributed by atoms with Gasteiger partial charge in [-0.25, -0.2) is 0 Å². The van der Waals surface area contributed by atoms with E-state index in [-0.39, 0.29) is 5.91 Å². The standard InChI is InChI=1S/C12H14NO/c14-12(13-8-4-5-9-13)10-11-6-2-1-3-7-11/h1-3,6-8H,4-5,9-10H2. The first-order valence-corrected chi connectivity index (χ1v) is 5.03. The van der Waals surface area contributed by atoms with Gasteiger partial charge >= 0.3 is 0 Å². The summed E-state index contributed by atoms with van der Waals surface area (Å²) in [5.41, 5.74) is 1.10. The van der Waals surface area contributed by atoms with Crippen LogP contribution in [0.2, 0.25) is 0 Å². The molecule has 1 radical (unpaired) electrons. The van der Waals surface area contributed by atoms with E-state index in [0.29, 0.717) is 6.42 Å². The number of hydrogen-bond acceptors (Lipinski definition) is 1. The lowest BCUT2D eigenvalue weighted by Gasteiger charge is -2.14. The number of likely N-dealkylation sites (tertiary alicyclic amines) is 1. The first-order chi connectivity index (χ1) is 6.86. The first kappa shape index (κ1) is 9.25. The second-order valence-corrected chi connectivity index (χ2v) is 3.57. The highest BCUT2D eigenvalue weighted by Gasteiger charge is 2.17. The normalized spacial score (nSPS) is 15.9. The van der Waals surface area contributed by atoms with Gasteiger partial charge in [0.1, 0.15) is 0 Å². The zero-order valence-corrected chi connectivity index (χ0v) is 8.15.